The molecule has 0 saturated heterocycles. The van der Waals surface area contributed by atoms with Crippen molar-refractivity contribution < 1.29 is 9.90 Å². The second-order valence-electron chi connectivity index (χ2n) is 4.32. The lowest BCUT2D eigenvalue weighted by atomic mass is 9.98. The lowest BCUT2D eigenvalue weighted by Gasteiger charge is -2.10. The van der Waals surface area contributed by atoms with Crippen molar-refractivity contribution in [3.05, 3.63) is 48.3 Å². The smallest absolute Gasteiger partial charge is 0.216 e. The first-order chi connectivity index (χ1) is 9.16. The van der Waals surface area contributed by atoms with E-state index in [-0.39, 0.29) is 11.7 Å². The third-order valence-electron chi connectivity index (χ3n) is 2.83. The van der Waals surface area contributed by atoms with E-state index >= 15 is 0 Å². The van der Waals surface area contributed by atoms with Gasteiger partial charge >= 0.3 is 0 Å². The Bertz CT molecular complexity index is 568. The van der Waals surface area contributed by atoms with Gasteiger partial charge in [0.2, 0.25) is 5.91 Å². The molecule has 0 radical (unpaired) electrons. The first-order valence-electron chi connectivity index (χ1n) is 6.13. The Labute approximate surface area is 112 Å². The number of benzene rings is 1. The van der Waals surface area contributed by atoms with Gasteiger partial charge in [0.1, 0.15) is 5.75 Å². The zero-order chi connectivity index (χ0) is 13.7. The number of rotatable bonds is 4. The molecule has 0 saturated carbocycles. The highest BCUT2D eigenvalue weighted by atomic mass is 16.3. The monoisotopic (exact) mass is 256 g/mol. The Morgan fingerprint density at radius 1 is 1.37 bits per heavy atom. The van der Waals surface area contributed by atoms with Crippen LogP contribution in [0.5, 0.6) is 5.75 Å². The van der Waals surface area contributed by atoms with Crippen molar-refractivity contribution in [2.24, 2.45) is 0 Å². The van der Waals surface area contributed by atoms with Gasteiger partial charge in [-0.15, -0.1) is 0 Å². The topological polar surface area (TPSA) is 62.2 Å². The molecule has 98 valence electrons. The van der Waals surface area contributed by atoms with Gasteiger partial charge in [0, 0.05) is 31.4 Å². The molecule has 0 atom stereocenters. The fourth-order valence-electron chi connectivity index (χ4n) is 1.95. The molecule has 2 aromatic rings. The van der Waals surface area contributed by atoms with E-state index in [0.29, 0.717) is 13.0 Å². The van der Waals surface area contributed by atoms with Gasteiger partial charge in [-0.05, 0) is 35.7 Å². The van der Waals surface area contributed by atoms with Crippen molar-refractivity contribution >= 4 is 5.91 Å². The van der Waals surface area contributed by atoms with E-state index in [1.165, 1.54) is 6.92 Å². The summed E-state index contributed by atoms with van der Waals surface area (Å²) < 4.78 is 0. The summed E-state index contributed by atoms with van der Waals surface area (Å²) in [5.74, 6) is 0.184. The zero-order valence-corrected chi connectivity index (χ0v) is 10.8. The lowest BCUT2D eigenvalue weighted by Crippen LogP contribution is -2.22. The molecule has 4 nitrogen and oxygen atoms in total. The van der Waals surface area contributed by atoms with Crippen molar-refractivity contribution in [3.8, 4) is 16.9 Å². The largest absolute Gasteiger partial charge is 0.508 e. The van der Waals surface area contributed by atoms with Gasteiger partial charge in [-0.3, -0.25) is 9.78 Å². The van der Waals surface area contributed by atoms with E-state index in [4.69, 9.17) is 0 Å². The number of carbonyl (C=O) groups excluding carboxylic acids is 1. The van der Waals surface area contributed by atoms with Crippen molar-refractivity contribution in [1.29, 1.82) is 0 Å². The third-order valence-corrected chi connectivity index (χ3v) is 2.83. The van der Waals surface area contributed by atoms with E-state index in [1.54, 1.807) is 24.5 Å². The molecule has 2 N–H and O–H groups in total. The summed E-state index contributed by atoms with van der Waals surface area (Å²) in [4.78, 5) is 15.0. The van der Waals surface area contributed by atoms with Crippen LogP contribution in [0.4, 0.5) is 0 Å². The quantitative estimate of drug-likeness (QED) is 0.881. The summed E-state index contributed by atoms with van der Waals surface area (Å²) in [6.07, 6.45) is 4.18. The Morgan fingerprint density at radius 3 is 2.89 bits per heavy atom. The normalized spacial score (nSPS) is 10.2. The fraction of sp³-hybridized carbons (Fsp3) is 0.200. The number of phenolic OH excluding ortho intramolecular Hbond substituents is 1. The SMILES string of the molecule is CC(=O)NCCc1ccc(O)cc1-c1cccnc1. The molecule has 0 aliphatic carbocycles. The van der Waals surface area contributed by atoms with Crippen LogP contribution in [-0.2, 0) is 11.2 Å². The molecule has 0 bridgehead atoms. The Hall–Kier alpha value is -2.36. The molecule has 1 aromatic carbocycles. The molecule has 0 fully saturated rings. The molecule has 0 unspecified atom stereocenters. The summed E-state index contributed by atoms with van der Waals surface area (Å²) in [7, 11) is 0. The molecule has 0 aliphatic rings. The Balaban J connectivity index is 2.26. The van der Waals surface area contributed by atoms with Gasteiger partial charge in [-0.2, -0.15) is 0 Å². The molecule has 19 heavy (non-hydrogen) atoms. The van der Waals surface area contributed by atoms with Crippen LogP contribution < -0.4 is 5.32 Å². The number of nitrogens with zero attached hydrogens (tertiary/aromatic N) is 1. The maximum atomic E-state index is 10.9. The maximum absolute atomic E-state index is 10.9. The number of hydrogen-bond acceptors (Lipinski definition) is 3. The highest BCUT2D eigenvalue weighted by Gasteiger charge is 2.06. The Kier molecular flexibility index (Phi) is 4.13. The van der Waals surface area contributed by atoms with Crippen LogP contribution in [0.2, 0.25) is 0 Å². The predicted octanol–water partition coefficient (Wildman–Crippen LogP) is 2.13. The van der Waals surface area contributed by atoms with E-state index in [9.17, 15) is 9.90 Å². The van der Waals surface area contributed by atoms with Crippen LogP contribution in [-0.4, -0.2) is 22.5 Å². The van der Waals surface area contributed by atoms with Crippen LogP contribution in [0.15, 0.2) is 42.7 Å². The van der Waals surface area contributed by atoms with Crippen LogP contribution in [0, 0.1) is 0 Å². The summed E-state index contributed by atoms with van der Waals surface area (Å²) in [5.41, 5.74) is 2.97. The molecule has 2 rings (SSSR count). The first-order valence-corrected chi connectivity index (χ1v) is 6.13. The number of aromatic nitrogens is 1. The van der Waals surface area contributed by atoms with Gasteiger partial charge in [0.15, 0.2) is 0 Å². The van der Waals surface area contributed by atoms with E-state index < -0.39 is 0 Å². The standard InChI is InChI=1S/C15H16N2O2/c1-11(18)17-8-6-12-4-5-14(19)9-15(12)13-3-2-7-16-10-13/h2-5,7,9-10,19H,6,8H2,1H3,(H,17,18). The lowest BCUT2D eigenvalue weighted by molar-refractivity contribution is -0.118. The molecule has 1 amide bonds. The molecule has 0 spiro atoms. The number of nitrogens with one attached hydrogen (secondary N) is 1. The fourth-order valence-corrected chi connectivity index (χ4v) is 1.95. The molecular formula is C15H16N2O2. The summed E-state index contributed by atoms with van der Waals surface area (Å²) in [6, 6.07) is 9.06. The maximum Gasteiger partial charge on any atom is 0.216 e. The van der Waals surface area contributed by atoms with Crippen molar-refractivity contribution in [3.63, 3.8) is 0 Å². The minimum absolute atomic E-state index is 0.0401. The van der Waals surface area contributed by atoms with Crippen molar-refractivity contribution in [1.82, 2.24) is 10.3 Å². The average molecular weight is 256 g/mol. The summed E-state index contributed by atoms with van der Waals surface area (Å²) in [5, 5.41) is 12.4. The van der Waals surface area contributed by atoms with E-state index in [1.807, 2.05) is 18.2 Å². The minimum Gasteiger partial charge on any atom is -0.508 e. The van der Waals surface area contributed by atoms with Gasteiger partial charge < -0.3 is 10.4 Å². The predicted molar refractivity (Wildman–Crippen MR) is 73.7 cm³/mol. The number of hydrogen-bond donors (Lipinski definition) is 2. The minimum atomic E-state index is -0.0401. The number of pyridine rings is 1. The number of carbonyl (C=O) groups is 1. The number of phenols is 1. The summed E-state index contributed by atoms with van der Waals surface area (Å²) >= 11 is 0. The van der Waals surface area contributed by atoms with Crippen LogP contribution in [0.25, 0.3) is 11.1 Å². The molecule has 4 heteroatoms. The second-order valence-corrected chi connectivity index (χ2v) is 4.32. The number of aromatic hydroxyl groups is 1. The van der Waals surface area contributed by atoms with Gasteiger partial charge in [-0.25, -0.2) is 0 Å². The first kappa shape index (κ1) is 13.1. The summed E-state index contributed by atoms with van der Waals surface area (Å²) in [6.45, 7) is 2.08. The van der Waals surface area contributed by atoms with Gasteiger partial charge in [-0.1, -0.05) is 12.1 Å². The van der Waals surface area contributed by atoms with Crippen LogP contribution in [0.1, 0.15) is 12.5 Å². The van der Waals surface area contributed by atoms with Crippen molar-refractivity contribution in [2.75, 3.05) is 6.54 Å². The molecule has 0 aliphatic heterocycles. The molecule has 1 heterocycles. The Morgan fingerprint density at radius 2 is 2.21 bits per heavy atom. The van der Waals surface area contributed by atoms with Crippen molar-refractivity contribution in [2.45, 2.75) is 13.3 Å². The van der Waals surface area contributed by atoms with Crippen LogP contribution >= 0.6 is 0 Å². The third kappa shape index (κ3) is 3.55. The van der Waals surface area contributed by atoms with E-state index in [2.05, 4.69) is 10.3 Å². The average Bonchev–Trinajstić information content (AvgIpc) is 2.41. The van der Waals surface area contributed by atoms with E-state index in [0.717, 1.165) is 16.7 Å². The zero-order valence-electron chi connectivity index (χ0n) is 10.8. The molecule has 1 aromatic heterocycles. The van der Waals surface area contributed by atoms with Gasteiger partial charge in [0.05, 0.1) is 0 Å². The highest BCUT2D eigenvalue weighted by Crippen LogP contribution is 2.27. The highest BCUT2D eigenvalue weighted by molar-refractivity contribution is 5.73. The van der Waals surface area contributed by atoms with Crippen LogP contribution in [0.3, 0.4) is 0 Å². The van der Waals surface area contributed by atoms with Gasteiger partial charge in [0.25, 0.3) is 0 Å². The molecular weight excluding hydrogens is 240 g/mol. The number of amides is 1. The second kappa shape index (κ2) is 6.00.